The van der Waals surface area contributed by atoms with Crippen molar-refractivity contribution < 1.29 is 40.3 Å². The van der Waals surface area contributed by atoms with E-state index in [0.29, 0.717) is 16.7 Å². The van der Waals surface area contributed by atoms with E-state index < -0.39 is 45.4 Å². The average molecular weight is 605 g/mol. The fourth-order valence-corrected chi connectivity index (χ4v) is 4.39. The van der Waals surface area contributed by atoms with Crippen LogP contribution in [0.5, 0.6) is 0 Å². The summed E-state index contributed by atoms with van der Waals surface area (Å²) in [5.41, 5.74) is -6.60. The van der Waals surface area contributed by atoms with Crippen molar-refractivity contribution in [2.75, 3.05) is 0 Å². The van der Waals surface area contributed by atoms with E-state index in [9.17, 15) is 40.3 Å². The minimum Gasteiger partial charge on any atom is -0.279 e. The molecule has 3 aromatic rings. The van der Waals surface area contributed by atoms with Crippen LogP contribution in [0.4, 0.5) is 30.7 Å². The number of amides is 2. The van der Waals surface area contributed by atoms with Gasteiger partial charge in [-0.05, 0) is 35.4 Å². The lowest BCUT2D eigenvalue weighted by Crippen LogP contribution is -2.50. The minimum atomic E-state index is -6.34. The van der Waals surface area contributed by atoms with Crippen molar-refractivity contribution in [2.45, 2.75) is 38.4 Å². The third-order valence-electron chi connectivity index (χ3n) is 5.48. The smallest absolute Gasteiger partial charge is 0.279 e. The normalized spacial score (nSPS) is 12.5. The Hall–Kier alpha value is -2.83. The predicted octanol–water partition coefficient (Wildman–Crippen LogP) is 7.68. The molecule has 0 aliphatic heterocycles. The average Bonchev–Trinajstić information content (AvgIpc) is 3.24. The second-order valence-electron chi connectivity index (χ2n) is 8.05. The number of hydrogen-bond donors (Lipinski definition) is 0. The van der Waals surface area contributed by atoms with Crippen molar-refractivity contribution in [3.63, 3.8) is 0 Å². The van der Waals surface area contributed by atoms with Crippen molar-refractivity contribution in [1.29, 1.82) is 0 Å². The molecule has 5 nitrogen and oxygen atoms in total. The van der Waals surface area contributed by atoms with Gasteiger partial charge in [0.1, 0.15) is 5.69 Å². The molecule has 0 aliphatic carbocycles. The maximum absolute atomic E-state index is 14.5. The molecule has 3 rings (SSSR count). The molecule has 0 N–H and O–H groups in total. The van der Waals surface area contributed by atoms with Gasteiger partial charge in [-0.2, -0.15) is 31.4 Å². The summed E-state index contributed by atoms with van der Waals surface area (Å²) in [5.74, 6) is -1.01. The van der Waals surface area contributed by atoms with Gasteiger partial charge in [-0.15, -0.1) is 0 Å². The van der Waals surface area contributed by atoms with Crippen LogP contribution in [-0.2, 0) is 21.8 Å². The van der Waals surface area contributed by atoms with E-state index >= 15 is 0 Å². The Morgan fingerprint density at radius 3 is 1.84 bits per heavy atom. The highest BCUT2D eigenvalue weighted by atomic mass is 35.5. The summed E-state index contributed by atoms with van der Waals surface area (Å²) in [6.45, 7) is 2.28. The Morgan fingerprint density at radius 2 is 1.37 bits per heavy atom. The third-order valence-corrected chi connectivity index (χ3v) is 6.42. The van der Waals surface area contributed by atoms with Gasteiger partial charge < -0.3 is 0 Å². The van der Waals surface area contributed by atoms with Crippen molar-refractivity contribution in [3.8, 4) is 16.8 Å². The zero-order valence-corrected chi connectivity index (χ0v) is 21.5. The zero-order chi connectivity index (χ0) is 28.8. The fourth-order valence-electron chi connectivity index (χ4n) is 3.56. The molecule has 0 fully saturated rings. The molecule has 1 aromatic heterocycles. The van der Waals surface area contributed by atoms with Gasteiger partial charge in [-0.3, -0.25) is 14.5 Å². The standard InChI is InChI=1S/C23H15Cl3F7N3O2/c1-11(37)35(12(2)38)9-14-5-13(3-4-17(14)24)15-8-34-36(10-15)20-18(25)6-16(7-19(20)26)21(27,22(28,29)30)23(31,32)33/h3-8,10H,9H2,1-2H3. The highest BCUT2D eigenvalue weighted by molar-refractivity contribution is 6.38. The number of carbonyl (C=O) groups excluding carboxylic acids is 2. The number of halogens is 10. The number of aromatic nitrogens is 2. The molecule has 0 saturated heterocycles. The van der Waals surface area contributed by atoms with Crippen LogP contribution in [0.3, 0.4) is 0 Å². The van der Waals surface area contributed by atoms with Crippen molar-refractivity contribution >= 4 is 46.6 Å². The molecule has 15 heteroatoms. The summed E-state index contributed by atoms with van der Waals surface area (Å²) in [7, 11) is 0. The first-order valence-corrected chi connectivity index (χ1v) is 11.5. The lowest BCUT2D eigenvalue weighted by Gasteiger charge is -2.30. The summed E-state index contributed by atoms with van der Waals surface area (Å²) < 4.78 is 94.3. The van der Waals surface area contributed by atoms with Crippen LogP contribution in [0.25, 0.3) is 16.8 Å². The van der Waals surface area contributed by atoms with Gasteiger partial charge >= 0.3 is 18.0 Å². The van der Waals surface area contributed by atoms with E-state index in [1.54, 1.807) is 12.1 Å². The minimum absolute atomic E-state index is 0.131. The second-order valence-corrected chi connectivity index (χ2v) is 9.27. The van der Waals surface area contributed by atoms with Gasteiger partial charge in [-0.1, -0.05) is 40.9 Å². The molecule has 204 valence electrons. The van der Waals surface area contributed by atoms with Crippen LogP contribution >= 0.6 is 34.8 Å². The van der Waals surface area contributed by atoms with Gasteiger partial charge in [0, 0.05) is 36.2 Å². The van der Waals surface area contributed by atoms with E-state index in [4.69, 9.17) is 34.8 Å². The van der Waals surface area contributed by atoms with Crippen LogP contribution in [0, 0.1) is 0 Å². The molecule has 0 saturated carbocycles. The summed E-state index contributed by atoms with van der Waals surface area (Å²) in [4.78, 5) is 24.5. The largest absolute Gasteiger partial charge is 0.435 e. The quantitative estimate of drug-likeness (QED) is 0.281. The first kappa shape index (κ1) is 29.7. The summed E-state index contributed by atoms with van der Waals surface area (Å²) >= 11 is 18.1. The van der Waals surface area contributed by atoms with Crippen LogP contribution in [-0.4, -0.2) is 38.8 Å². The van der Waals surface area contributed by atoms with Crippen LogP contribution in [0.2, 0.25) is 15.1 Å². The molecule has 1 heterocycles. The number of rotatable bonds is 5. The maximum atomic E-state index is 14.5. The van der Waals surface area contributed by atoms with Gasteiger partial charge in [-0.25, -0.2) is 9.07 Å². The molecule has 0 radical (unpaired) electrons. The topological polar surface area (TPSA) is 55.2 Å². The Kier molecular flexibility index (Phi) is 8.12. The Bertz CT molecular complexity index is 1350. The van der Waals surface area contributed by atoms with Gasteiger partial charge in [0.25, 0.3) is 0 Å². The van der Waals surface area contributed by atoms with E-state index in [2.05, 4.69) is 5.10 Å². The molecule has 38 heavy (non-hydrogen) atoms. The third kappa shape index (κ3) is 5.48. The highest BCUT2D eigenvalue weighted by Gasteiger charge is 2.73. The fraction of sp³-hybridized carbons (Fsp3) is 0.261. The number of carbonyl (C=O) groups is 2. The summed E-state index contributed by atoms with van der Waals surface area (Å²) in [6, 6.07) is 4.98. The van der Waals surface area contributed by atoms with E-state index in [1.165, 1.54) is 32.3 Å². The first-order valence-electron chi connectivity index (χ1n) is 10.3. The SMILES string of the molecule is CC(=O)N(Cc1cc(-c2cnn(-c3c(Cl)cc(C(F)(C(F)(F)F)C(F)(F)F)cc3Cl)c2)ccc1Cl)C(C)=O. The lowest BCUT2D eigenvalue weighted by molar-refractivity contribution is -0.348. The first-order chi connectivity index (χ1) is 17.4. The molecule has 0 bridgehead atoms. The molecule has 0 aliphatic rings. The second kappa shape index (κ2) is 10.4. The molecule has 0 unspecified atom stereocenters. The number of nitrogens with zero attached hydrogens (tertiary/aromatic N) is 3. The molecule has 2 amide bonds. The number of hydrogen-bond acceptors (Lipinski definition) is 3. The Morgan fingerprint density at radius 1 is 0.842 bits per heavy atom. The lowest BCUT2D eigenvalue weighted by atomic mass is 9.94. The number of alkyl halides is 7. The van der Waals surface area contributed by atoms with Crippen molar-refractivity contribution in [3.05, 3.63) is 68.9 Å². The van der Waals surface area contributed by atoms with Crippen LogP contribution < -0.4 is 0 Å². The van der Waals surface area contributed by atoms with Crippen LogP contribution in [0.15, 0.2) is 42.7 Å². The Labute approximate surface area is 225 Å². The molecule has 2 aromatic carbocycles. The Balaban J connectivity index is 2.04. The molecule has 0 spiro atoms. The van der Waals surface area contributed by atoms with Gasteiger partial charge in [0.15, 0.2) is 0 Å². The number of benzene rings is 2. The summed E-state index contributed by atoms with van der Waals surface area (Å²) in [5, 5.41) is 2.79. The van der Waals surface area contributed by atoms with E-state index in [-0.39, 0.29) is 29.4 Å². The molecule has 0 atom stereocenters. The maximum Gasteiger partial charge on any atom is 0.435 e. The predicted molar refractivity (Wildman–Crippen MR) is 126 cm³/mol. The molecular weight excluding hydrogens is 590 g/mol. The van der Waals surface area contributed by atoms with E-state index in [1.807, 2.05) is 0 Å². The van der Waals surface area contributed by atoms with Gasteiger partial charge in [0.2, 0.25) is 11.8 Å². The van der Waals surface area contributed by atoms with Crippen molar-refractivity contribution in [1.82, 2.24) is 14.7 Å². The molecular formula is C23H15Cl3F7N3O2. The zero-order valence-electron chi connectivity index (χ0n) is 19.2. The highest BCUT2D eigenvalue weighted by Crippen LogP contribution is 2.54. The van der Waals surface area contributed by atoms with Gasteiger partial charge in [0.05, 0.1) is 22.8 Å². The van der Waals surface area contributed by atoms with Crippen molar-refractivity contribution in [2.24, 2.45) is 0 Å². The van der Waals surface area contributed by atoms with E-state index in [0.717, 1.165) is 9.58 Å². The number of imide groups is 1. The summed E-state index contributed by atoms with van der Waals surface area (Å²) in [6.07, 6.45) is -10.1. The van der Waals surface area contributed by atoms with Crippen LogP contribution in [0.1, 0.15) is 25.0 Å². The monoisotopic (exact) mass is 603 g/mol.